The first-order valence-electron chi connectivity index (χ1n) is 8.80. The summed E-state index contributed by atoms with van der Waals surface area (Å²) in [6, 6.07) is 6.60. The number of fused-ring (bicyclic) bond motifs is 1. The van der Waals surface area contributed by atoms with Crippen molar-refractivity contribution in [2.75, 3.05) is 19.6 Å². The molecule has 2 atom stereocenters. The number of halogens is 1. The van der Waals surface area contributed by atoms with Crippen molar-refractivity contribution in [3.05, 3.63) is 35.0 Å². The number of piperidine rings is 1. The SMILES string of the molecule is CC(C)CN1CCCCC1C(CN)c1c[nH]c2ccc(Cl)cc12. The molecular weight excluding hydrogens is 306 g/mol. The lowest BCUT2D eigenvalue weighted by atomic mass is 9.84. The molecule has 2 heterocycles. The van der Waals surface area contributed by atoms with Crippen molar-refractivity contribution < 1.29 is 0 Å². The number of H-pyrrole nitrogens is 1. The van der Waals surface area contributed by atoms with Crippen molar-refractivity contribution in [1.82, 2.24) is 9.88 Å². The molecule has 1 aliphatic heterocycles. The third-order valence-corrected chi connectivity index (χ3v) is 5.29. The lowest BCUT2D eigenvalue weighted by molar-refractivity contribution is 0.113. The average molecular weight is 334 g/mol. The van der Waals surface area contributed by atoms with Crippen LogP contribution < -0.4 is 5.73 Å². The van der Waals surface area contributed by atoms with Crippen LogP contribution in [0.25, 0.3) is 10.9 Å². The van der Waals surface area contributed by atoms with Crippen LogP contribution in [0, 0.1) is 5.92 Å². The molecule has 4 heteroatoms. The van der Waals surface area contributed by atoms with Gasteiger partial charge in [-0.25, -0.2) is 0 Å². The molecule has 1 aromatic heterocycles. The molecule has 3 N–H and O–H groups in total. The fourth-order valence-corrected chi connectivity index (χ4v) is 4.25. The zero-order valence-electron chi connectivity index (χ0n) is 14.2. The maximum atomic E-state index is 6.24. The molecule has 1 aliphatic rings. The molecule has 0 bridgehead atoms. The predicted molar refractivity (Wildman–Crippen MR) is 99.2 cm³/mol. The lowest BCUT2D eigenvalue weighted by Gasteiger charge is -2.41. The zero-order valence-corrected chi connectivity index (χ0v) is 14.9. The number of nitrogens with one attached hydrogen (secondary N) is 1. The third-order valence-electron chi connectivity index (χ3n) is 5.06. The van der Waals surface area contributed by atoms with Gasteiger partial charge in [-0.15, -0.1) is 0 Å². The van der Waals surface area contributed by atoms with E-state index in [1.165, 1.54) is 36.8 Å². The second-order valence-electron chi connectivity index (χ2n) is 7.23. The summed E-state index contributed by atoms with van der Waals surface area (Å²) in [4.78, 5) is 6.05. The van der Waals surface area contributed by atoms with E-state index in [2.05, 4.69) is 42.1 Å². The first-order chi connectivity index (χ1) is 11.1. The zero-order chi connectivity index (χ0) is 16.4. The highest BCUT2D eigenvalue weighted by atomic mass is 35.5. The fraction of sp³-hybridized carbons (Fsp3) is 0.579. The number of nitrogens with two attached hydrogens (primary N) is 1. The minimum Gasteiger partial charge on any atom is -0.361 e. The van der Waals surface area contributed by atoms with E-state index in [0.29, 0.717) is 24.4 Å². The van der Waals surface area contributed by atoms with E-state index in [-0.39, 0.29) is 0 Å². The van der Waals surface area contributed by atoms with Crippen molar-refractivity contribution in [1.29, 1.82) is 0 Å². The van der Waals surface area contributed by atoms with Gasteiger partial charge in [0, 0.05) is 47.2 Å². The minimum absolute atomic E-state index is 0.362. The van der Waals surface area contributed by atoms with Crippen LogP contribution in [0.5, 0.6) is 0 Å². The van der Waals surface area contributed by atoms with Crippen molar-refractivity contribution in [2.24, 2.45) is 11.7 Å². The van der Waals surface area contributed by atoms with Gasteiger partial charge in [-0.2, -0.15) is 0 Å². The number of likely N-dealkylation sites (tertiary alicyclic amines) is 1. The maximum Gasteiger partial charge on any atom is 0.0457 e. The molecule has 1 fully saturated rings. The third kappa shape index (κ3) is 3.57. The van der Waals surface area contributed by atoms with Crippen LogP contribution >= 0.6 is 11.6 Å². The number of hydrogen-bond donors (Lipinski definition) is 2. The smallest absolute Gasteiger partial charge is 0.0457 e. The van der Waals surface area contributed by atoms with Gasteiger partial charge >= 0.3 is 0 Å². The molecule has 0 saturated carbocycles. The predicted octanol–water partition coefficient (Wildman–Crippen LogP) is 4.37. The van der Waals surface area contributed by atoms with Crippen LogP contribution in [0.3, 0.4) is 0 Å². The number of hydrogen-bond acceptors (Lipinski definition) is 2. The summed E-state index contributed by atoms with van der Waals surface area (Å²) in [7, 11) is 0. The van der Waals surface area contributed by atoms with Crippen LogP contribution in [0.4, 0.5) is 0 Å². The summed E-state index contributed by atoms with van der Waals surface area (Å²) in [5.41, 5.74) is 8.72. The summed E-state index contributed by atoms with van der Waals surface area (Å²) in [6.07, 6.45) is 5.99. The average Bonchev–Trinajstić information content (AvgIpc) is 2.92. The second-order valence-corrected chi connectivity index (χ2v) is 7.66. The Balaban J connectivity index is 1.94. The van der Waals surface area contributed by atoms with E-state index in [1.807, 2.05) is 6.07 Å². The van der Waals surface area contributed by atoms with Crippen LogP contribution in [-0.2, 0) is 0 Å². The topological polar surface area (TPSA) is 45.0 Å². The molecule has 3 nitrogen and oxygen atoms in total. The summed E-state index contributed by atoms with van der Waals surface area (Å²) in [6.45, 7) is 7.63. The molecule has 2 aromatic rings. The number of benzene rings is 1. The van der Waals surface area contributed by atoms with E-state index in [4.69, 9.17) is 17.3 Å². The lowest BCUT2D eigenvalue weighted by Crippen LogP contribution is -2.46. The summed E-state index contributed by atoms with van der Waals surface area (Å²) in [5.74, 6) is 1.05. The monoisotopic (exact) mass is 333 g/mol. The van der Waals surface area contributed by atoms with E-state index in [1.54, 1.807) is 0 Å². The quantitative estimate of drug-likeness (QED) is 0.853. The van der Waals surface area contributed by atoms with Gasteiger partial charge in [-0.05, 0) is 49.1 Å². The highest BCUT2D eigenvalue weighted by Crippen LogP contribution is 2.35. The molecule has 2 unspecified atom stereocenters. The molecule has 0 spiro atoms. The van der Waals surface area contributed by atoms with E-state index < -0.39 is 0 Å². The Hall–Kier alpha value is -1.03. The number of aromatic nitrogens is 1. The summed E-state index contributed by atoms with van der Waals surface area (Å²) >= 11 is 6.22. The highest BCUT2D eigenvalue weighted by molar-refractivity contribution is 6.31. The minimum atomic E-state index is 0.362. The second kappa shape index (κ2) is 7.25. The van der Waals surface area contributed by atoms with E-state index in [9.17, 15) is 0 Å². The van der Waals surface area contributed by atoms with E-state index >= 15 is 0 Å². The largest absolute Gasteiger partial charge is 0.361 e. The Morgan fingerprint density at radius 3 is 2.91 bits per heavy atom. The number of rotatable bonds is 5. The van der Waals surface area contributed by atoms with Gasteiger partial charge in [0.2, 0.25) is 0 Å². The van der Waals surface area contributed by atoms with Gasteiger partial charge in [0.25, 0.3) is 0 Å². The van der Waals surface area contributed by atoms with Crippen LogP contribution in [0.1, 0.15) is 44.6 Å². The maximum absolute atomic E-state index is 6.24. The van der Waals surface area contributed by atoms with Gasteiger partial charge in [-0.3, -0.25) is 4.90 Å². The molecule has 126 valence electrons. The Morgan fingerprint density at radius 2 is 2.17 bits per heavy atom. The summed E-state index contributed by atoms with van der Waals surface area (Å²) < 4.78 is 0. The molecule has 0 amide bonds. The van der Waals surface area contributed by atoms with E-state index in [0.717, 1.165) is 17.1 Å². The molecule has 1 saturated heterocycles. The first kappa shape index (κ1) is 16.8. The Labute approximate surface area is 144 Å². The first-order valence-corrected chi connectivity index (χ1v) is 9.18. The fourth-order valence-electron chi connectivity index (χ4n) is 4.08. The Kier molecular flexibility index (Phi) is 5.30. The van der Waals surface area contributed by atoms with Crippen molar-refractivity contribution in [3.63, 3.8) is 0 Å². The van der Waals surface area contributed by atoms with Gasteiger partial charge in [-0.1, -0.05) is 31.9 Å². The number of aromatic amines is 1. The molecule has 0 aliphatic carbocycles. The summed E-state index contributed by atoms with van der Waals surface area (Å²) in [5, 5.41) is 2.01. The van der Waals surface area contributed by atoms with Gasteiger partial charge in [0.15, 0.2) is 0 Å². The normalized spacial score (nSPS) is 21.2. The Bertz CT molecular complexity index is 649. The molecule has 1 aromatic carbocycles. The molecule has 3 rings (SSSR count). The van der Waals surface area contributed by atoms with Crippen molar-refractivity contribution in [2.45, 2.75) is 45.1 Å². The molecular formula is C19H28ClN3. The van der Waals surface area contributed by atoms with Crippen molar-refractivity contribution >= 4 is 22.5 Å². The molecule has 23 heavy (non-hydrogen) atoms. The van der Waals surface area contributed by atoms with Gasteiger partial charge in [0.05, 0.1) is 0 Å². The van der Waals surface area contributed by atoms with Gasteiger partial charge < -0.3 is 10.7 Å². The van der Waals surface area contributed by atoms with Crippen LogP contribution in [0.15, 0.2) is 24.4 Å². The van der Waals surface area contributed by atoms with Crippen molar-refractivity contribution in [3.8, 4) is 0 Å². The highest BCUT2D eigenvalue weighted by Gasteiger charge is 2.31. The van der Waals surface area contributed by atoms with Crippen LogP contribution in [0.2, 0.25) is 5.02 Å². The van der Waals surface area contributed by atoms with Gasteiger partial charge in [0.1, 0.15) is 0 Å². The van der Waals surface area contributed by atoms with Crippen LogP contribution in [-0.4, -0.2) is 35.6 Å². The standard InChI is InChI=1S/C19H28ClN3/c1-13(2)12-23-8-4-3-5-19(23)16(10-21)17-11-22-18-7-6-14(20)9-15(17)18/h6-7,9,11,13,16,19,22H,3-5,8,10,12,21H2,1-2H3. The Morgan fingerprint density at radius 1 is 1.35 bits per heavy atom. The molecule has 0 radical (unpaired) electrons. The number of nitrogens with zero attached hydrogens (tertiary/aromatic N) is 1.